The average Bonchev–Trinajstić information content (AvgIpc) is 3.14. The van der Waals surface area contributed by atoms with Gasteiger partial charge in [-0.25, -0.2) is 0 Å². The smallest absolute Gasteiger partial charge is 0.416 e. The Morgan fingerprint density at radius 1 is 0.854 bits per heavy atom. The SMILES string of the molecule is CN1c2ccc(C(F)(F)F)cc2C(C)(C)C12C=Cc1cc(C(=O)P(=O)(c3ccccc3)c3ccccc3)ccc1O2. The monoisotopic (exact) mass is 573 g/mol. The second-order valence-electron chi connectivity index (χ2n) is 10.9. The van der Waals surface area contributed by atoms with Gasteiger partial charge in [-0.05, 0) is 68.0 Å². The molecule has 0 aromatic heterocycles. The van der Waals surface area contributed by atoms with E-state index < -0.39 is 35.5 Å². The minimum Gasteiger partial charge on any atom is -0.463 e. The number of nitrogens with zero attached hydrogens (tertiary/aromatic N) is 1. The number of hydrogen-bond donors (Lipinski definition) is 0. The number of benzene rings is 4. The number of carbonyl (C=O) groups is 1. The molecule has 6 rings (SSSR count). The molecule has 2 aliphatic rings. The summed E-state index contributed by atoms with van der Waals surface area (Å²) in [7, 11) is -1.90. The van der Waals surface area contributed by atoms with Gasteiger partial charge in [0.05, 0.1) is 11.0 Å². The van der Waals surface area contributed by atoms with Gasteiger partial charge in [0.25, 0.3) is 0 Å². The van der Waals surface area contributed by atoms with Crippen LogP contribution in [-0.4, -0.2) is 18.3 Å². The van der Waals surface area contributed by atoms with Crippen LogP contribution in [0.15, 0.2) is 103 Å². The Balaban J connectivity index is 1.39. The zero-order valence-corrected chi connectivity index (χ0v) is 23.5. The first kappa shape index (κ1) is 27.1. The third-order valence-corrected chi connectivity index (χ3v) is 11.2. The van der Waals surface area contributed by atoms with Crippen LogP contribution in [0.25, 0.3) is 6.08 Å². The molecule has 0 fully saturated rings. The average molecular weight is 574 g/mol. The zero-order chi connectivity index (χ0) is 29.2. The van der Waals surface area contributed by atoms with Gasteiger partial charge in [0.1, 0.15) is 5.75 Å². The van der Waals surface area contributed by atoms with Crippen molar-refractivity contribution in [2.45, 2.75) is 31.2 Å². The van der Waals surface area contributed by atoms with Crippen molar-refractivity contribution in [1.82, 2.24) is 0 Å². The molecule has 0 saturated carbocycles. The molecule has 1 atom stereocenters. The number of anilines is 1. The summed E-state index contributed by atoms with van der Waals surface area (Å²) >= 11 is 0. The minimum atomic E-state index is -4.46. The molecule has 4 aromatic rings. The minimum absolute atomic E-state index is 0.279. The van der Waals surface area contributed by atoms with Crippen LogP contribution in [0.1, 0.15) is 40.9 Å². The van der Waals surface area contributed by atoms with Gasteiger partial charge in [-0.1, -0.05) is 60.7 Å². The summed E-state index contributed by atoms with van der Waals surface area (Å²) < 4.78 is 61.7. The molecule has 2 aliphatic heterocycles. The number of halogens is 3. The maximum atomic E-state index is 14.6. The van der Waals surface area contributed by atoms with Crippen molar-refractivity contribution < 1.29 is 27.3 Å². The van der Waals surface area contributed by atoms with Crippen LogP contribution < -0.4 is 20.2 Å². The lowest BCUT2D eigenvalue weighted by Gasteiger charge is -2.45. The molecule has 1 spiro atoms. The van der Waals surface area contributed by atoms with E-state index in [1.165, 1.54) is 12.1 Å². The Morgan fingerprint density at radius 2 is 1.46 bits per heavy atom. The highest BCUT2D eigenvalue weighted by Crippen LogP contribution is 2.55. The Labute approximate surface area is 236 Å². The van der Waals surface area contributed by atoms with Crippen molar-refractivity contribution in [2.24, 2.45) is 0 Å². The van der Waals surface area contributed by atoms with Crippen molar-refractivity contribution in [2.75, 3.05) is 11.9 Å². The van der Waals surface area contributed by atoms with Crippen LogP contribution in [0, 0.1) is 0 Å². The molecule has 4 aromatic carbocycles. The van der Waals surface area contributed by atoms with Crippen molar-refractivity contribution >= 4 is 35.0 Å². The van der Waals surface area contributed by atoms with Gasteiger partial charge in [0, 0.05) is 34.5 Å². The fourth-order valence-electron chi connectivity index (χ4n) is 5.96. The van der Waals surface area contributed by atoms with E-state index in [2.05, 4.69) is 0 Å². The summed E-state index contributed by atoms with van der Waals surface area (Å²) in [6.45, 7) is 3.72. The van der Waals surface area contributed by atoms with E-state index in [0.717, 1.165) is 6.07 Å². The molecule has 0 saturated heterocycles. The Bertz CT molecular complexity index is 1710. The normalized spacial score (nSPS) is 19.0. The lowest BCUT2D eigenvalue weighted by molar-refractivity contribution is -0.137. The van der Waals surface area contributed by atoms with E-state index in [1.54, 1.807) is 73.8 Å². The molecular weight excluding hydrogens is 546 g/mol. The topological polar surface area (TPSA) is 46.6 Å². The Hall–Kier alpha value is -4.09. The van der Waals surface area contributed by atoms with Crippen molar-refractivity contribution in [3.05, 3.63) is 125 Å². The van der Waals surface area contributed by atoms with Gasteiger partial charge >= 0.3 is 6.18 Å². The van der Waals surface area contributed by atoms with E-state index in [4.69, 9.17) is 4.74 Å². The molecule has 0 N–H and O–H groups in total. The van der Waals surface area contributed by atoms with Gasteiger partial charge in [0.2, 0.25) is 18.4 Å². The number of fused-ring (bicyclic) bond motifs is 2. The quantitative estimate of drug-likeness (QED) is 0.239. The second kappa shape index (κ2) is 9.22. The third kappa shape index (κ3) is 3.98. The summed E-state index contributed by atoms with van der Waals surface area (Å²) in [5, 5.41) is 0.898. The van der Waals surface area contributed by atoms with Crippen molar-refractivity contribution in [3.8, 4) is 5.75 Å². The molecule has 8 heteroatoms. The highest BCUT2D eigenvalue weighted by molar-refractivity contribution is 7.93. The lowest BCUT2D eigenvalue weighted by Crippen LogP contribution is -2.58. The molecule has 0 aliphatic carbocycles. The van der Waals surface area contributed by atoms with E-state index in [1.807, 2.05) is 43.0 Å². The predicted octanol–water partition coefficient (Wildman–Crippen LogP) is 7.39. The van der Waals surface area contributed by atoms with Gasteiger partial charge in [-0.2, -0.15) is 13.2 Å². The standard InChI is InChI=1S/C33H27F3NO3P/c1-31(2)27-21-24(33(34,35)36)15-16-28(27)37(3)32(31)19-18-22-20-23(14-17-29(22)40-32)30(38)41(39,25-10-6-4-7-11-25)26-12-8-5-9-13-26/h4-21H,1-3H3. The molecule has 2 heterocycles. The molecule has 208 valence electrons. The van der Waals surface area contributed by atoms with Crippen LogP contribution in [0.5, 0.6) is 5.75 Å². The maximum absolute atomic E-state index is 14.6. The van der Waals surface area contributed by atoms with Crippen molar-refractivity contribution in [3.63, 3.8) is 0 Å². The van der Waals surface area contributed by atoms with E-state index in [0.29, 0.717) is 33.2 Å². The van der Waals surface area contributed by atoms with Crippen LogP contribution >= 0.6 is 7.14 Å². The molecule has 0 amide bonds. The largest absolute Gasteiger partial charge is 0.463 e. The fraction of sp³-hybridized carbons (Fsp3) is 0.182. The summed E-state index contributed by atoms with van der Waals surface area (Å²) in [6, 6.07) is 26.2. The zero-order valence-electron chi connectivity index (χ0n) is 22.6. The number of likely N-dealkylation sites (N-methyl/N-ethyl adjacent to an activating group) is 1. The van der Waals surface area contributed by atoms with Crippen molar-refractivity contribution in [1.29, 1.82) is 0 Å². The number of hydrogen-bond acceptors (Lipinski definition) is 4. The van der Waals surface area contributed by atoms with Gasteiger partial charge in [-0.3, -0.25) is 4.79 Å². The highest BCUT2D eigenvalue weighted by Gasteiger charge is 2.58. The lowest BCUT2D eigenvalue weighted by atomic mass is 9.76. The summed E-state index contributed by atoms with van der Waals surface area (Å²) in [6.07, 6.45) is -0.817. The molecule has 1 unspecified atom stereocenters. The van der Waals surface area contributed by atoms with E-state index >= 15 is 0 Å². The van der Waals surface area contributed by atoms with Gasteiger partial charge in [0.15, 0.2) is 0 Å². The first-order chi connectivity index (χ1) is 19.4. The summed E-state index contributed by atoms with van der Waals surface area (Å²) in [4.78, 5) is 15.8. The van der Waals surface area contributed by atoms with Crippen LogP contribution in [0.2, 0.25) is 0 Å². The van der Waals surface area contributed by atoms with Crippen LogP contribution in [0.4, 0.5) is 18.9 Å². The number of ether oxygens (including phenoxy) is 1. The van der Waals surface area contributed by atoms with Crippen LogP contribution in [-0.2, 0) is 16.2 Å². The van der Waals surface area contributed by atoms with Gasteiger partial charge < -0.3 is 14.2 Å². The van der Waals surface area contributed by atoms with Gasteiger partial charge in [-0.15, -0.1) is 0 Å². The first-order valence-electron chi connectivity index (χ1n) is 13.1. The fourth-order valence-corrected chi connectivity index (χ4v) is 8.42. The number of rotatable bonds is 4. The molecule has 4 nitrogen and oxygen atoms in total. The first-order valence-corrected chi connectivity index (χ1v) is 14.8. The van der Waals surface area contributed by atoms with E-state index in [-0.39, 0.29) is 5.56 Å². The third-order valence-electron chi connectivity index (χ3n) is 8.29. The highest BCUT2D eigenvalue weighted by atomic mass is 31.2. The van der Waals surface area contributed by atoms with E-state index in [9.17, 15) is 22.5 Å². The number of alkyl halides is 3. The molecule has 0 bridgehead atoms. The molecular formula is C33H27F3NO3P. The predicted molar refractivity (Wildman–Crippen MR) is 156 cm³/mol. The Kier molecular flexibility index (Phi) is 6.09. The second-order valence-corrected chi connectivity index (χ2v) is 13.5. The van der Waals surface area contributed by atoms with Crippen LogP contribution in [0.3, 0.4) is 0 Å². The summed E-state index contributed by atoms with van der Waals surface area (Å²) in [5.74, 6) is 0.474. The molecule has 41 heavy (non-hydrogen) atoms. The Morgan fingerprint density at radius 3 is 2.05 bits per heavy atom. The number of carbonyl (C=O) groups excluding carboxylic acids is 1. The molecule has 0 radical (unpaired) electrons. The maximum Gasteiger partial charge on any atom is 0.416 e. The summed E-state index contributed by atoms with van der Waals surface area (Å²) in [5.41, 5.74) is -1.07.